The molecule has 0 aliphatic carbocycles. The van der Waals surface area contributed by atoms with Gasteiger partial charge in [-0.2, -0.15) is 5.26 Å². The first-order chi connectivity index (χ1) is 7.71. The van der Waals surface area contributed by atoms with Crippen LogP contribution in [0.2, 0.25) is 5.02 Å². The highest BCUT2D eigenvalue weighted by molar-refractivity contribution is 8.00. The Bertz CT molecular complexity index is 351. The number of rotatable bonds is 5. The summed E-state index contributed by atoms with van der Waals surface area (Å²) in [5, 5.41) is 9.95. The second-order valence-corrected chi connectivity index (χ2v) is 5.35. The summed E-state index contributed by atoms with van der Waals surface area (Å²) >= 11 is 7.46. The minimum absolute atomic E-state index is 0.0381. The van der Waals surface area contributed by atoms with Gasteiger partial charge in [0.25, 0.3) is 0 Å². The van der Waals surface area contributed by atoms with Gasteiger partial charge in [-0.25, -0.2) is 0 Å². The molecule has 0 heterocycles. The Balaban J connectivity index is 2.70. The Morgan fingerprint density at radius 2 is 1.81 bits per heavy atom. The third kappa shape index (κ3) is 3.73. The summed E-state index contributed by atoms with van der Waals surface area (Å²) in [4.78, 5) is 1.11. The molecule has 0 aromatic heterocycles. The van der Waals surface area contributed by atoms with E-state index in [4.69, 9.17) is 11.6 Å². The summed E-state index contributed by atoms with van der Waals surface area (Å²) in [5.41, 5.74) is 0. The van der Waals surface area contributed by atoms with Crippen LogP contribution in [0.4, 0.5) is 0 Å². The van der Waals surface area contributed by atoms with Gasteiger partial charge in [0.15, 0.2) is 0 Å². The molecule has 16 heavy (non-hydrogen) atoms. The minimum atomic E-state index is 0.0381. The van der Waals surface area contributed by atoms with Gasteiger partial charge in [0.1, 0.15) is 0 Å². The molecule has 1 aromatic rings. The highest BCUT2D eigenvalue weighted by Gasteiger charge is 2.18. The first kappa shape index (κ1) is 13.4. The molecule has 0 amide bonds. The van der Waals surface area contributed by atoms with Gasteiger partial charge in [0.05, 0.1) is 11.3 Å². The van der Waals surface area contributed by atoms with Crippen LogP contribution in [-0.2, 0) is 0 Å². The normalized spacial score (nSPS) is 12.4. The van der Waals surface area contributed by atoms with E-state index in [-0.39, 0.29) is 5.25 Å². The van der Waals surface area contributed by atoms with Gasteiger partial charge in [0, 0.05) is 9.92 Å². The van der Waals surface area contributed by atoms with Crippen molar-refractivity contribution in [1.82, 2.24) is 0 Å². The van der Waals surface area contributed by atoms with Gasteiger partial charge in [-0.3, -0.25) is 0 Å². The fourth-order valence-corrected chi connectivity index (χ4v) is 2.95. The molecule has 1 nitrogen and oxygen atoms in total. The van der Waals surface area contributed by atoms with Crippen LogP contribution in [0.5, 0.6) is 0 Å². The molecule has 0 bridgehead atoms. The molecule has 0 fully saturated rings. The van der Waals surface area contributed by atoms with Gasteiger partial charge in [-0.05, 0) is 30.2 Å². The molecule has 0 aliphatic rings. The summed E-state index contributed by atoms with van der Waals surface area (Å²) in [6.45, 7) is 4.28. The van der Waals surface area contributed by atoms with Crippen LogP contribution in [0.1, 0.15) is 26.7 Å². The van der Waals surface area contributed by atoms with Gasteiger partial charge in [-0.1, -0.05) is 38.3 Å². The highest BCUT2D eigenvalue weighted by atomic mass is 35.5. The standard InChI is InChI=1S/C13H16ClNS/c1-3-10(4-2)13(9-15)16-12-7-5-11(14)6-8-12/h5-8,10,13H,3-4H2,1-2H3. The molecule has 86 valence electrons. The van der Waals surface area contributed by atoms with Crippen molar-refractivity contribution in [3.05, 3.63) is 29.3 Å². The van der Waals surface area contributed by atoms with E-state index in [1.165, 1.54) is 0 Å². The van der Waals surface area contributed by atoms with Crippen LogP contribution in [0, 0.1) is 17.2 Å². The van der Waals surface area contributed by atoms with Crippen molar-refractivity contribution in [1.29, 1.82) is 5.26 Å². The average molecular weight is 254 g/mol. The fraction of sp³-hybridized carbons (Fsp3) is 0.462. The van der Waals surface area contributed by atoms with E-state index >= 15 is 0 Å². The van der Waals surface area contributed by atoms with E-state index < -0.39 is 0 Å². The van der Waals surface area contributed by atoms with Gasteiger partial charge in [-0.15, -0.1) is 11.8 Å². The zero-order valence-corrected chi connectivity index (χ0v) is 11.2. The van der Waals surface area contributed by atoms with Gasteiger partial charge >= 0.3 is 0 Å². The van der Waals surface area contributed by atoms with Crippen molar-refractivity contribution in [3.8, 4) is 6.07 Å². The molecular weight excluding hydrogens is 238 g/mol. The Hall–Kier alpha value is -0.650. The maximum atomic E-state index is 9.18. The SMILES string of the molecule is CCC(CC)C(C#N)Sc1ccc(Cl)cc1. The molecule has 0 saturated heterocycles. The number of nitriles is 1. The van der Waals surface area contributed by atoms with Crippen molar-refractivity contribution >= 4 is 23.4 Å². The Labute approximate surface area is 107 Å². The summed E-state index contributed by atoms with van der Waals surface area (Å²) in [7, 11) is 0. The smallest absolute Gasteiger partial charge is 0.0991 e. The molecule has 0 spiro atoms. The zero-order chi connectivity index (χ0) is 12.0. The van der Waals surface area contributed by atoms with Gasteiger partial charge < -0.3 is 0 Å². The minimum Gasteiger partial charge on any atom is -0.197 e. The van der Waals surface area contributed by atoms with E-state index in [2.05, 4.69) is 19.9 Å². The lowest BCUT2D eigenvalue weighted by atomic mass is 10.0. The van der Waals surface area contributed by atoms with E-state index in [1.54, 1.807) is 11.8 Å². The Kier molecular flexibility index (Phi) is 5.73. The molecule has 1 aromatic carbocycles. The predicted molar refractivity (Wildman–Crippen MR) is 70.8 cm³/mol. The second kappa shape index (κ2) is 6.83. The first-order valence-corrected chi connectivity index (χ1v) is 6.78. The second-order valence-electron chi connectivity index (χ2n) is 3.70. The zero-order valence-electron chi connectivity index (χ0n) is 9.61. The molecule has 0 saturated carbocycles. The van der Waals surface area contributed by atoms with E-state index in [0.29, 0.717) is 5.92 Å². The Morgan fingerprint density at radius 1 is 1.25 bits per heavy atom. The number of halogens is 1. The number of thioether (sulfide) groups is 1. The lowest BCUT2D eigenvalue weighted by Gasteiger charge is -2.18. The van der Waals surface area contributed by atoms with E-state index in [0.717, 1.165) is 22.8 Å². The summed E-state index contributed by atoms with van der Waals surface area (Å²) in [5.74, 6) is 0.464. The van der Waals surface area contributed by atoms with Gasteiger partial charge in [0.2, 0.25) is 0 Å². The Morgan fingerprint density at radius 3 is 2.25 bits per heavy atom. The van der Waals surface area contributed by atoms with Crippen LogP contribution < -0.4 is 0 Å². The monoisotopic (exact) mass is 253 g/mol. The van der Waals surface area contributed by atoms with E-state index in [9.17, 15) is 5.26 Å². The number of hydrogen-bond donors (Lipinski definition) is 0. The fourth-order valence-electron chi connectivity index (χ4n) is 1.60. The largest absolute Gasteiger partial charge is 0.197 e. The maximum absolute atomic E-state index is 9.18. The maximum Gasteiger partial charge on any atom is 0.0991 e. The molecule has 1 unspecified atom stereocenters. The predicted octanol–water partition coefficient (Wildman–Crippen LogP) is 4.76. The topological polar surface area (TPSA) is 23.8 Å². The number of hydrogen-bond acceptors (Lipinski definition) is 2. The summed E-state index contributed by atoms with van der Waals surface area (Å²) < 4.78 is 0. The average Bonchev–Trinajstić information content (AvgIpc) is 2.32. The first-order valence-electron chi connectivity index (χ1n) is 5.53. The van der Waals surface area contributed by atoms with Crippen LogP contribution in [0.3, 0.4) is 0 Å². The number of nitrogens with zero attached hydrogens (tertiary/aromatic N) is 1. The molecule has 3 heteroatoms. The van der Waals surface area contributed by atoms with Crippen molar-refractivity contribution in [2.45, 2.75) is 36.8 Å². The molecule has 1 atom stereocenters. The van der Waals surface area contributed by atoms with E-state index in [1.807, 2.05) is 24.3 Å². The summed E-state index contributed by atoms with van der Waals surface area (Å²) in [6.07, 6.45) is 2.10. The lowest BCUT2D eigenvalue weighted by molar-refractivity contribution is 0.514. The molecule has 1 rings (SSSR count). The van der Waals surface area contributed by atoms with Crippen LogP contribution in [-0.4, -0.2) is 5.25 Å². The molecule has 0 radical (unpaired) electrons. The lowest BCUT2D eigenvalue weighted by Crippen LogP contribution is -2.13. The van der Waals surface area contributed by atoms with Crippen molar-refractivity contribution in [2.75, 3.05) is 0 Å². The molecule has 0 N–H and O–H groups in total. The highest BCUT2D eigenvalue weighted by Crippen LogP contribution is 2.31. The third-order valence-electron chi connectivity index (χ3n) is 2.68. The van der Waals surface area contributed by atoms with Crippen LogP contribution in [0.25, 0.3) is 0 Å². The third-order valence-corrected chi connectivity index (χ3v) is 4.22. The quantitative estimate of drug-likeness (QED) is 0.707. The molecule has 0 aliphatic heterocycles. The van der Waals surface area contributed by atoms with Crippen molar-refractivity contribution in [2.24, 2.45) is 5.92 Å². The van der Waals surface area contributed by atoms with Crippen molar-refractivity contribution < 1.29 is 0 Å². The number of benzene rings is 1. The molecular formula is C13H16ClNS. The van der Waals surface area contributed by atoms with Crippen LogP contribution in [0.15, 0.2) is 29.2 Å². The van der Waals surface area contributed by atoms with Crippen molar-refractivity contribution in [3.63, 3.8) is 0 Å². The summed E-state index contributed by atoms with van der Waals surface area (Å²) in [6, 6.07) is 10.1. The van der Waals surface area contributed by atoms with Crippen LogP contribution >= 0.6 is 23.4 Å².